The summed E-state index contributed by atoms with van der Waals surface area (Å²) in [6.45, 7) is 3.67. The fraction of sp³-hybridized carbons (Fsp3) is 0.556. The van der Waals surface area contributed by atoms with Gasteiger partial charge in [0.25, 0.3) is 0 Å². The van der Waals surface area contributed by atoms with Crippen LogP contribution in [0.15, 0.2) is 10.6 Å². The van der Waals surface area contributed by atoms with Crippen LogP contribution in [0.1, 0.15) is 19.1 Å². The molecular weight excluding hydrogens is 328 g/mol. The number of rotatable bonds is 2. The van der Waals surface area contributed by atoms with Crippen molar-refractivity contribution in [3.63, 3.8) is 0 Å². The van der Waals surface area contributed by atoms with Crippen molar-refractivity contribution < 1.29 is 9.32 Å². The molecule has 1 aliphatic carbocycles. The molecule has 0 spiro atoms. The molecule has 1 aromatic heterocycles. The molecule has 0 bridgehead atoms. The van der Waals surface area contributed by atoms with Gasteiger partial charge in [-0.3, -0.25) is 4.79 Å². The maximum atomic E-state index is 11.9. The zero-order valence-electron chi connectivity index (χ0n) is 8.30. The second-order valence-electron chi connectivity index (χ2n) is 3.99. The predicted octanol–water partition coefficient (Wildman–Crippen LogP) is 2.82. The second kappa shape index (κ2) is 3.31. The lowest BCUT2D eigenvalue weighted by atomic mass is 10.1. The van der Waals surface area contributed by atoms with Crippen LogP contribution in [-0.4, -0.2) is 14.3 Å². The van der Waals surface area contributed by atoms with Gasteiger partial charge in [-0.15, -0.1) is 0 Å². The van der Waals surface area contributed by atoms with E-state index >= 15 is 0 Å². The monoisotopic (exact) mass is 336 g/mol. The van der Waals surface area contributed by atoms with Crippen molar-refractivity contribution in [3.05, 3.63) is 11.8 Å². The van der Waals surface area contributed by atoms with E-state index in [0.717, 1.165) is 6.42 Å². The summed E-state index contributed by atoms with van der Waals surface area (Å²) in [7, 11) is 0. The zero-order chi connectivity index (χ0) is 11.3. The maximum absolute atomic E-state index is 11.9. The average Bonchev–Trinajstić information content (AvgIpc) is 2.47. The molecule has 1 saturated carbocycles. The molecule has 82 valence electrons. The van der Waals surface area contributed by atoms with Crippen molar-refractivity contribution in [3.8, 4) is 0 Å². The highest BCUT2D eigenvalue weighted by Gasteiger charge is 2.66. The first kappa shape index (κ1) is 11.1. The first-order valence-corrected chi connectivity index (χ1v) is 6.06. The Hall–Kier alpha value is -0.360. The van der Waals surface area contributed by atoms with Gasteiger partial charge in [-0.2, -0.15) is 0 Å². The van der Waals surface area contributed by atoms with Gasteiger partial charge >= 0.3 is 0 Å². The topological polar surface area (TPSA) is 55.1 Å². The maximum Gasteiger partial charge on any atom is 0.233 e. The number of hydrogen-bond acceptors (Lipinski definition) is 3. The number of carbonyl (C=O) groups excluding carboxylic acids is 1. The first-order valence-electron chi connectivity index (χ1n) is 4.48. The summed E-state index contributed by atoms with van der Waals surface area (Å²) in [5.74, 6) is 1.07. The standard InChI is InChI=1S/C9H10Br2N2O2/c1-5-3-6(13-15-5)12-7(14)8(2)4-9(8,10)11/h3H,4H2,1-2H3,(H,12,13,14)/t8-/m0/s1. The van der Waals surface area contributed by atoms with E-state index in [4.69, 9.17) is 4.52 Å². The van der Waals surface area contributed by atoms with Crippen LogP contribution in [0.2, 0.25) is 0 Å². The minimum atomic E-state index is -0.431. The van der Waals surface area contributed by atoms with E-state index in [1.165, 1.54) is 0 Å². The van der Waals surface area contributed by atoms with Gasteiger partial charge < -0.3 is 9.84 Å². The Morgan fingerprint density at radius 1 is 1.67 bits per heavy atom. The van der Waals surface area contributed by atoms with Gasteiger partial charge in [0.05, 0.1) is 8.65 Å². The third kappa shape index (κ3) is 1.85. The van der Waals surface area contributed by atoms with E-state index in [0.29, 0.717) is 11.6 Å². The summed E-state index contributed by atoms with van der Waals surface area (Å²) < 4.78 is 4.58. The first-order chi connectivity index (χ1) is 6.85. The molecule has 1 aromatic rings. The Morgan fingerprint density at radius 2 is 2.27 bits per heavy atom. The minimum absolute atomic E-state index is 0.0652. The van der Waals surface area contributed by atoms with E-state index in [1.54, 1.807) is 13.0 Å². The molecule has 2 rings (SSSR count). The molecule has 1 fully saturated rings. The molecule has 0 aromatic carbocycles. The SMILES string of the molecule is Cc1cc(NC(=O)[C@]2(C)CC2(Br)Br)no1. The van der Waals surface area contributed by atoms with Crippen LogP contribution in [0.5, 0.6) is 0 Å². The van der Waals surface area contributed by atoms with Gasteiger partial charge in [0.15, 0.2) is 5.82 Å². The molecule has 0 unspecified atom stereocenters. The molecule has 15 heavy (non-hydrogen) atoms. The highest BCUT2D eigenvalue weighted by Crippen LogP contribution is 2.66. The third-order valence-corrected chi connectivity index (χ3v) is 4.94. The van der Waals surface area contributed by atoms with Crippen LogP contribution in [0, 0.1) is 12.3 Å². The van der Waals surface area contributed by atoms with Gasteiger partial charge in [0.2, 0.25) is 5.91 Å². The van der Waals surface area contributed by atoms with Crippen LogP contribution in [0.25, 0.3) is 0 Å². The van der Waals surface area contributed by atoms with Crippen LogP contribution >= 0.6 is 31.9 Å². The van der Waals surface area contributed by atoms with Crippen LogP contribution in [-0.2, 0) is 4.79 Å². The van der Waals surface area contributed by atoms with Gasteiger partial charge in [-0.1, -0.05) is 37.0 Å². The molecule has 1 heterocycles. The third-order valence-electron chi connectivity index (χ3n) is 2.63. The molecular formula is C9H10Br2N2O2. The van der Waals surface area contributed by atoms with Crippen molar-refractivity contribution >= 4 is 43.6 Å². The fourth-order valence-electron chi connectivity index (χ4n) is 1.33. The van der Waals surface area contributed by atoms with Gasteiger partial charge in [0, 0.05) is 6.07 Å². The minimum Gasteiger partial charge on any atom is -0.360 e. The van der Waals surface area contributed by atoms with E-state index in [2.05, 4.69) is 42.3 Å². The molecule has 0 radical (unpaired) electrons. The van der Waals surface area contributed by atoms with Gasteiger partial charge in [0.1, 0.15) is 5.76 Å². The van der Waals surface area contributed by atoms with Crippen LogP contribution in [0.4, 0.5) is 5.82 Å². The van der Waals surface area contributed by atoms with Crippen LogP contribution < -0.4 is 5.32 Å². The predicted molar refractivity (Wildman–Crippen MR) is 63.2 cm³/mol. The van der Waals surface area contributed by atoms with Crippen molar-refractivity contribution in [1.82, 2.24) is 5.16 Å². The molecule has 1 aliphatic rings. The number of anilines is 1. The number of aromatic nitrogens is 1. The molecule has 0 aliphatic heterocycles. The number of carbonyl (C=O) groups is 1. The number of hydrogen-bond donors (Lipinski definition) is 1. The summed E-state index contributed by atoms with van der Waals surface area (Å²) in [6.07, 6.45) is 0.753. The number of nitrogens with one attached hydrogen (secondary N) is 1. The number of nitrogens with zero attached hydrogens (tertiary/aromatic N) is 1. The Balaban J connectivity index is 2.06. The van der Waals surface area contributed by atoms with E-state index < -0.39 is 5.41 Å². The number of amides is 1. The number of halogens is 2. The second-order valence-corrected chi connectivity index (χ2v) is 7.76. The fourth-order valence-corrected chi connectivity index (χ4v) is 2.81. The highest BCUT2D eigenvalue weighted by atomic mass is 79.9. The lowest BCUT2D eigenvalue weighted by molar-refractivity contribution is -0.120. The van der Waals surface area contributed by atoms with Gasteiger partial charge in [-0.05, 0) is 20.3 Å². The van der Waals surface area contributed by atoms with E-state index in [1.807, 2.05) is 6.92 Å². The Kier molecular flexibility index (Phi) is 2.46. The Morgan fingerprint density at radius 3 is 2.67 bits per heavy atom. The molecule has 6 heteroatoms. The lowest BCUT2D eigenvalue weighted by Gasteiger charge is -2.10. The molecule has 4 nitrogen and oxygen atoms in total. The van der Waals surface area contributed by atoms with Crippen molar-refractivity contribution in [2.45, 2.75) is 23.5 Å². The van der Waals surface area contributed by atoms with Gasteiger partial charge in [-0.25, -0.2) is 0 Å². The molecule has 0 saturated heterocycles. The summed E-state index contributed by atoms with van der Waals surface area (Å²) >= 11 is 6.88. The van der Waals surface area contributed by atoms with Crippen molar-refractivity contribution in [1.29, 1.82) is 0 Å². The average molecular weight is 338 g/mol. The smallest absolute Gasteiger partial charge is 0.233 e. The molecule has 1 atom stereocenters. The summed E-state index contributed by atoms with van der Waals surface area (Å²) in [5.41, 5.74) is -0.431. The summed E-state index contributed by atoms with van der Waals surface area (Å²) in [4.78, 5) is 11.9. The Bertz CT molecular complexity index is 416. The van der Waals surface area contributed by atoms with Crippen molar-refractivity contribution in [2.75, 3.05) is 5.32 Å². The zero-order valence-corrected chi connectivity index (χ0v) is 11.5. The molecule has 1 N–H and O–H groups in total. The number of alkyl halides is 2. The lowest BCUT2D eigenvalue weighted by Crippen LogP contribution is -2.25. The summed E-state index contributed by atoms with van der Waals surface area (Å²) in [5, 5.41) is 6.42. The van der Waals surface area contributed by atoms with E-state index in [-0.39, 0.29) is 9.14 Å². The van der Waals surface area contributed by atoms with Crippen molar-refractivity contribution in [2.24, 2.45) is 5.41 Å². The normalized spacial score (nSPS) is 27.5. The highest BCUT2D eigenvalue weighted by molar-refractivity contribution is 9.25. The van der Waals surface area contributed by atoms with Crippen LogP contribution in [0.3, 0.4) is 0 Å². The Labute approximate surface area is 104 Å². The largest absolute Gasteiger partial charge is 0.360 e. The summed E-state index contributed by atoms with van der Waals surface area (Å²) in [6, 6.07) is 1.69. The molecule has 1 amide bonds. The van der Waals surface area contributed by atoms with E-state index in [9.17, 15) is 4.79 Å². The number of aryl methyl sites for hydroxylation is 1. The quantitative estimate of drug-likeness (QED) is 0.844.